The summed E-state index contributed by atoms with van der Waals surface area (Å²) in [6.07, 6.45) is 1.31. The van der Waals surface area contributed by atoms with E-state index in [0.717, 1.165) is 29.8 Å². The lowest BCUT2D eigenvalue weighted by Gasteiger charge is -2.12. The van der Waals surface area contributed by atoms with Crippen LogP contribution in [0, 0.1) is 0 Å². The zero-order chi connectivity index (χ0) is 17.1. The summed E-state index contributed by atoms with van der Waals surface area (Å²) in [5.74, 6) is 0.528. The summed E-state index contributed by atoms with van der Waals surface area (Å²) in [4.78, 5) is 12.5. The molecule has 5 heteroatoms. The third-order valence-corrected chi connectivity index (χ3v) is 4.25. The smallest absolute Gasteiger partial charge is 0.254 e. The summed E-state index contributed by atoms with van der Waals surface area (Å²) in [6.45, 7) is 0.644. The topological polar surface area (TPSA) is 56.2 Å². The molecule has 1 N–H and O–H groups in total. The van der Waals surface area contributed by atoms with E-state index in [4.69, 9.17) is 9.84 Å². The van der Waals surface area contributed by atoms with Crippen LogP contribution >= 0.6 is 0 Å². The number of anilines is 1. The van der Waals surface area contributed by atoms with Gasteiger partial charge in [-0.2, -0.15) is 5.10 Å². The normalized spacial score (nSPS) is 16.7. The predicted molar refractivity (Wildman–Crippen MR) is 96.6 cm³/mol. The minimum Gasteiger partial charge on any atom is -0.368 e. The molecule has 3 aromatic rings. The number of ether oxygens (including phenoxy) is 1. The Morgan fingerprint density at radius 3 is 2.48 bits per heavy atom. The van der Waals surface area contributed by atoms with E-state index in [2.05, 4.69) is 5.32 Å². The number of rotatable bonds is 4. The van der Waals surface area contributed by atoms with Crippen LogP contribution in [-0.2, 0) is 9.53 Å². The number of nitrogens with zero attached hydrogens (tertiary/aromatic N) is 2. The van der Waals surface area contributed by atoms with E-state index in [0.29, 0.717) is 12.4 Å². The van der Waals surface area contributed by atoms with Crippen molar-refractivity contribution in [1.82, 2.24) is 9.78 Å². The van der Waals surface area contributed by atoms with Crippen molar-refractivity contribution in [3.05, 3.63) is 66.7 Å². The maximum Gasteiger partial charge on any atom is 0.254 e. The number of carbonyl (C=O) groups excluding carboxylic acids is 1. The van der Waals surface area contributed by atoms with Crippen LogP contribution in [0.1, 0.15) is 12.8 Å². The second-order valence-corrected chi connectivity index (χ2v) is 6.02. The van der Waals surface area contributed by atoms with E-state index < -0.39 is 0 Å². The van der Waals surface area contributed by atoms with Crippen molar-refractivity contribution >= 4 is 11.7 Å². The summed E-state index contributed by atoms with van der Waals surface area (Å²) >= 11 is 0. The van der Waals surface area contributed by atoms with Gasteiger partial charge in [0.1, 0.15) is 11.9 Å². The van der Waals surface area contributed by atoms with Gasteiger partial charge in [-0.25, -0.2) is 4.68 Å². The molecule has 1 saturated heterocycles. The average Bonchev–Trinajstić information content (AvgIpc) is 3.33. The third-order valence-electron chi connectivity index (χ3n) is 4.25. The number of carbonyl (C=O) groups is 1. The Kier molecular flexibility index (Phi) is 4.31. The van der Waals surface area contributed by atoms with Crippen molar-refractivity contribution in [2.24, 2.45) is 0 Å². The van der Waals surface area contributed by atoms with Gasteiger partial charge in [-0.3, -0.25) is 4.79 Å². The highest BCUT2D eigenvalue weighted by atomic mass is 16.5. The van der Waals surface area contributed by atoms with Gasteiger partial charge in [-0.15, -0.1) is 0 Å². The Morgan fingerprint density at radius 2 is 1.80 bits per heavy atom. The van der Waals surface area contributed by atoms with Crippen molar-refractivity contribution in [3.63, 3.8) is 0 Å². The summed E-state index contributed by atoms with van der Waals surface area (Å²) in [5, 5.41) is 7.67. The van der Waals surface area contributed by atoms with Gasteiger partial charge in [0, 0.05) is 18.2 Å². The van der Waals surface area contributed by atoms with Crippen molar-refractivity contribution in [1.29, 1.82) is 0 Å². The minimum atomic E-state index is -0.376. The zero-order valence-electron chi connectivity index (χ0n) is 13.8. The highest BCUT2D eigenvalue weighted by Crippen LogP contribution is 2.25. The Morgan fingerprint density at radius 1 is 1.08 bits per heavy atom. The van der Waals surface area contributed by atoms with E-state index in [-0.39, 0.29) is 12.0 Å². The van der Waals surface area contributed by atoms with Gasteiger partial charge < -0.3 is 10.1 Å². The Balaban J connectivity index is 1.70. The lowest BCUT2D eigenvalue weighted by atomic mass is 10.1. The van der Waals surface area contributed by atoms with Crippen LogP contribution in [-0.4, -0.2) is 28.4 Å². The lowest BCUT2D eigenvalue weighted by molar-refractivity contribution is -0.124. The van der Waals surface area contributed by atoms with Crippen molar-refractivity contribution in [2.45, 2.75) is 18.9 Å². The number of para-hydroxylation sites is 1. The van der Waals surface area contributed by atoms with Crippen molar-refractivity contribution in [3.8, 4) is 16.9 Å². The second-order valence-electron chi connectivity index (χ2n) is 6.02. The Labute approximate surface area is 146 Å². The molecule has 1 fully saturated rings. The number of hydrogen-bond donors (Lipinski definition) is 1. The Bertz CT molecular complexity index is 853. The molecule has 0 saturated carbocycles. The SMILES string of the molecule is O=C(Nc1cc(-c2ccccc2)nn1-c1ccccc1)C1CCCO1. The molecule has 1 aliphatic rings. The number of aromatic nitrogens is 2. The molecule has 0 radical (unpaired) electrons. The first-order valence-corrected chi connectivity index (χ1v) is 8.44. The molecule has 1 unspecified atom stereocenters. The van der Waals surface area contributed by atoms with Crippen LogP contribution in [0.25, 0.3) is 16.9 Å². The molecule has 1 aromatic heterocycles. The van der Waals surface area contributed by atoms with E-state index in [1.54, 1.807) is 4.68 Å². The molecule has 0 bridgehead atoms. The molecule has 126 valence electrons. The molecule has 1 aliphatic heterocycles. The first-order valence-electron chi connectivity index (χ1n) is 8.44. The number of hydrogen-bond acceptors (Lipinski definition) is 3. The van der Waals surface area contributed by atoms with Crippen molar-refractivity contribution in [2.75, 3.05) is 11.9 Å². The van der Waals surface area contributed by atoms with Crippen molar-refractivity contribution < 1.29 is 9.53 Å². The molecule has 0 aliphatic carbocycles. The standard InChI is InChI=1S/C20H19N3O2/c24-20(18-12-7-13-25-18)21-19-14-17(15-8-3-1-4-9-15)22-23(19)16-10-5-2-6-11-16/h1-6,8-11,14,18H,7,12-13H2,(H,21,24). The molecule has 0 spiro atoms. The van der Waals surface area contributed by atoms with Crippen LogP contribution in [0.5, 0.6) is 0 Å². The van der Waals surface area contributed by atoms with Crippen LogP contribution in [0.15, 0.2) is 66.7 Å². The van der Waals surface area contributed by atoms with Crippen LogP contribution in [0.4, 0.5) is 5.82 Å². The fraction of sp³-hybridized carbons (Fsp3) is 0.200. The van der Waals surface area contributed by atoms with Crippen LogP contribution < -0.4 is 5.32 Å². The zero-order valence-corrected chi connectivity index (χ0v) is 13.8. The monoisotopic (exact) mass is 333 g/mol. The summed E-state index contributed by atoms with van der Waals surface area (Å²) < 4.78 is 7.24. The molecule has 4 rings (SSSR count). The van der Waals surface area contributed by atoms with Gasteiger partial charge in [0.15, 0.2) is 0 Å². The van der Waals surface area contributed by atoms with Gasteiger partial charge >= 0.3 is 0 Å². The lowest BCUT2D eigenvalue weighted by Crippen LogP contribution is -2.27. The first kappa shape index (κ1) is 15.6. The van der Waals surface area contributed by atoms with Gasteiger partial charge in [-0.05, 0) is 25.0 Å². The molecule has 5 nitrogen and oxygen atoms in total. The molecule has 1 amide bonds. The fourth-order valence-electron chi connectivity index (χ4n) is 2.98. The van der Waals surface area contributed by atoms with Gasteiger partial charge in [0.05, 0.1) is 11.4 Å². The molecule has 25 heavy (non-hydrogen) atoms. The van der Waals surface area contributed by atoms with E-state index >= 15 is 0 Å². The molecule has 1 atom stereocenters. The molecule has 2 heterocycles. The van der Waals surface area contributed by atoms with Gasteiger partial charge in [0.25, 0.3) is 5.91 Å². The third kappa shape index (κ3) is 3.32. The second kappa shape index (κ2) is 6.91. The van der Waals surface area contributed by atoms with E-state index in [1.165, 1.54) is 0 Å². The van der Waals surface area contributed by atoms with Crippen LogP contribution in [0.2, 0.25) is 0 Å². The van der Waals surface area contributed by atoms with E-state index in [1.807, 2.05) is 66.7 Å². The summed E-state index contributed by atoms with van der Waals surface area (Å²) in [5.41, 5.74) is 2.71. The summed E-state index contributed by atoms with van der Waals surface area (Å²) in [6, 6.07) is 21.6. The first-order chi connectivity index (χ1) is 12.3. The Hall–Kier alpha value is -2.92. The molecular formula is C20H19N3O2. The average molecular weight is 333 g/mol. The largest absolute Gasteiger partial charge is 0.368 e. The van der Waals surface area contributed by atoms with Gasteiger partial charge in [0.2, 0.25) is 0 Å². The predicted octanol–water partition coefficient (Wildman–Crippen LogP) is 3.66. The maximum absolute atomic E-state index is 12.5. The molecule has 2 aromatic carbocycles. The minimum absolute atomic E-state index is 0.116. The van der Waals surface area contributed by atoms with Crippen LogP contribution in [0.3, 0.4) is 0 Å². The number of amides is 1. The van der Waals surface area contributed by atoms with Gasteiger partial charge in [-0.1, -0.05) is 48.5 Å². The van der Waals surface area contributed by atoms with E-state index in [9.17, 15) is 4.79 Å². The number of benzene rings is 2. The quantitative estimate of drug-likeness (QED) is 0.793. The highest BCUT2D eigenvalue weighted by molar-refractivity contribution is 5.94. The summed E-state index contributed by atoms with van der Waals surface area (Å²) in [7, 11) is 0. The molecular weight excluding hydrogens is 314 g/mol. The fourth-order valence-corrected chi connectivity index (χ4v) is 2.98. The highest BCUT2D eigenvalue weighted by Gasteiger charge is 2.25. The number of nitrogens with one attached hydrogen (secondary N) is 1. The maximum atomic E-state index is 12.5.